The lowest BCUT2D eigenvalue weighted by atomic mass is 10.0. The van der Waals surface area contributed by atoms with E-state index in [1.807, 2.05) is 19.1 Å². The molecule has 2 rings (SSSR count). The number of nitrogens with one attached hydrogen (secondary N) is 1. The monoisotopic (exact) mass is 175 g/mol. The first-order valence-corrected chi connectivity index (χ1v) is 4.61. The molecule has 1 heterocycles. The summed E-state index contributed by atoms with van der Waals surface area (Å²) in [4.78, 5) is 11.6. The third kappa shape index (κ3) is 1.63. The summed E-state index contributed by atoms with van der Waals surface area (Å²) in [6.07, 6.45) is 0.621. The fraction of sp³-hybridized carbons (Fsp3) is 0.364. The van der Waals surface area contributed by atoms with Gasteiger partial charge in [0.1, 0.15) is 0 Å². The van der Waals surface area contributed by atoms with Crippen LogP contribution in [0, 0.1) is 6.92 Å². The maximum Gasteiger partial charge on any atom is 0.164 e. The fourth-order valence-corrected chi connectivity index (χ4v) is 1.66. The lowest BCUT2D eigenvalue weighted by molar-refractivity contribution is 0.0985. The van der Waals surface area contributed by atoms with Crippen molar-refractivity contribution in [2.24, 2.45) is 0 Å². The predicted octanol–water partition coefficient (Wildman–Crippen LogP) is 1.67. The van der Waals surface area contributed by atoms with Crippen LogP contribution in [0.1, 0.15) is 27.9 Å². The summed E-state index contributed by atoms with van der Waals surface area (Å²) in [7, 11) is 0. The molecule has 13 heavy (non-hydrogen) atoms. The number of rotatable bonds is 0. The van der Waals surface area contributed by atoms with E-state index in [0.29, 0.717) is 6.42 Å². The first-order chi connectivity index (χ1) is 6.27. The van der Waals surface area contributed by atoms with Crippen LogP contribution in [0.25, 0.3) is 0 Å². The predicted molar refractivity (Wildman–Crippen MR) is 51.8 cm³/mol. The van der Waals surface area contributed by atoms with Gasteiger partial charge in [-0.15, -0.1) is 0 Å². The molecule has 0 bridgehead atoms. The van der Waals surface area contributed by atoms with Gasteiger partial charge in [0.2, 0.25) is 0 Å². The first kappa shape index (κ1) is 8.45. The molecule has 0 radical (unpaired) electrons. The van der Waals surface area contributed by atoms with Gasteiger partial charge in [-0.3, -0.25) is 4.79 Å². The second-order valence-corrected chi connectivity index (χ2v) is 3.51. The Morgan fingerprint density at radius 3 is 3.08 bits per heavy atom. The Kier molecular flexibility index (Phi) is 2.15. The number of fused-ring (bicyclic) bond motifs is 1. The highest BCUT2D eigenvalue weighted by molar-refractivity contribution is 5.98. The normalized spacial score (nSPS) is 16.5. The molecule has 0 fully saturated rings. The van der Waals surface area contributed by atoms with Crippen LogP contribution < -0.4 is 5.32 Å². The van der Waals surface area contributed by atoms with E-state index in [4.69, 9.17) is 0 Å². The van der Waals surface area contributed by atoms with Crippen LogP contribution in [0.3, 0.4) is 0 Å². The van der Waals surface area contributed by atoms with E-state index in [2.05, 4.69) is 11.4 Å². The van der Waals surface area contributed by atoms with Crippen molar-refractivity contribution in [3.05, 3.63) is 34.9 Å². The highest BCUT2D eigenvalue weighted by Crippen LogP contribution is 2.15. The molecular formula is C11H13NO. The summed E-state index contributed by atoms with van der Waals surface area (Å²) in [6, 6.07) is 6.09. The molecule has 0 saturated carbocycles. The molecule has 0 unspecified atom stereocenters. The second-order valence-electron chi connectivity index (χ2n) is 3.51. The molecule has 0 aliphatic carbocycles. The van der Waals surface area contributed by atoms with Gasteiger partial charge >= 0.3 is 0 Å². The van der Waals surface area contributed by atoms with Gasteiger partial charge in [0.05, 0.1) is 0 Å². The second kappa shape index (κ2) is 3.30. The number of carbonyl (C=O) groups excluding carboxylic acids is 1. The number of ketones is 1. The Morgan fingerprint density at radius 2 is 2.23 bits per heavy atom. The average Bonchev–Trinajstić information content (AvgIpc) is 2.29. The Morgan fingerprint density at radius 1 is 1.38 bits per heavy atom. The molecule has 68 valence electrons. The van der Waals surface area contributed by atoms with Gasteiger partial charge in [0, 0.05) is 25.1 Å². The quantitative estimate of drug-likeness (QED) is 0.650. The van der Waals surface area contributed by atoms with Crippen LogP contribution in [-0.4, -0.2) is 12.3 Å². The van der Waals surface area contributed by atoms with Crippen molar-refractivity contribution < 1.29 is 4.79 Å². The maximum atomic E-state index is 11.6. The molecule has 0 saturated heterocycles. The lowest BCUT2D eigenvalue weighted by Gasteiger charge is -2.04. The summed E-state index contributed by atoms with van der Waals surface area (Å²) in [5.41, 5.74) is 3.20. The zero-order chi connectivity index (χ0) is 9.26. The third-order valence-corrected chi connectivity index (χ3v) is 2.41. The largest absolute Gasteiger partial charge is 0.312 e. The van der Waals surface area contributed by atoms with Crippen molar-refractivity contribution in [1.82, 2.24) is 5.32 Å². The van der Waals surface area contributed by atoms with Gasteiger partial charge in [-0.25, -0.2) is 0 Å². The van der Waals surface area contributed by atoms with Crippen molar-refractivity contribution in [2.45, 2.75) is 19.9 Å². The lowest BCUT2D eigenvalue weighted by Crippen LogP contribution is -2.12. The molecule has 1 aromatic carbocycles. The van der Waals surface area contributed by atoms with E-state index in [9.17, 15) is 4.79 Å². The minimum absolute atomic E-state index is 0.267. The third-order valence-electron chi connectivity index (χ3n) is 2.41. The zero-order valence-electron chi connectivity index (χ0n) is 7.76. The van der Waals surface area contributed by atoms with Gasteiger partial charge in [0.25, 0.3) is 0 Å². The number of aryl methyl sites for hydroxylation is 1. The average molecular weight is 175 g/mol. The minimum Gasteiger partial charge on any atom is -0.312 e. The summed E-state index contributed by atoms with van der Waals surface area (Å²) in [5, 5.41) is 3.23. The van der Waals surface area contributed by atoms with E-state index >= 15 is 0 Å². The molecule has 0 amide bonds. The number of hydrogen-bond acceptors (Lipinski definition) is 2. The number of carbonyl (C=O) groups is 1. The molecule has 2 nitrogen and oxygen atoms in total. The van der Waals surface area contributed by atoms with Crippen LogP contribution >= 0.6 is 0 Å². The van der Waals surface area contributed by atoms with Gasteiger partial charge in [-0.05, 0) is 18.6 Å². The summed E-state index contributed by atoms with van der Waals surface area (Å²) >= 11 is 0. The first-order valence-electron chi connectivity index (χ1n) is 4.61. The maximum absolute atomic E-state index is 11.6. The molecule has 1 aliphatic rings. The van der Waals surface area contributed by atoms with Gasteiger partial charge in [-0.2, -0.15) is 0 Å². The standard InChI is InChI=1S/C11H13NO/c1-8-2-3-9-7-12-5-4-11(13)10(9)6-8/h2-3,6,12H,4-5,7H2,1H3. The number of Topliss-reactive ketones (excluding diaryl/α,β-unsaturated/α-hetero) is 1. The van der Waals surface area contributed by atoms with Crippen LogP contribution in [-0.2, 0) is 6.54 Å². The number of benzene rings is 1. The van der Waals surface area contributed by atoms with Crippen LogP contribution in [0.5, 0.6) is 0 Å². The Bertz CT molecular complexity index is 344. The molecular weight excluding hydrogens is 162 g/mol. The Hall–Kier alpha value is -1.15. The Balaban J connectivity index is 2.49. The number of hydrogen-bond donors (Lipinski definition) is 1. The summed E-state index contributed by atoms with van der Waals surface area (Å²) in [5.74, 6) is 0.267. The van der Waals surface area contributed by atoms with E-state index in [1.54, 1.807) is 0 Å². The van der Waals surface area contributed by atoms with Crippen molar-refractivity contribution in [3.63, 3.8) is 0 Å². The highest BCUT2D eigenvalue weighted by atomic mass is 16.1. The van der Waals surface area contributed by atoms with E-state index in [-0.39, 0.29) is 5.78 Å². The van der Waals surface area contributed by atoms with Crippen molar-refractivity contribution in [3.8, 4) is 0 Å². The van der Waals surface area contributed by atoms with Crippen LogP contribution in [0.2, 0.25) is 0 Å². The van der Waals surface area contributed by atoms with Crippen molar-refractivity contribution in [2.75, 3.05) is 6.54 Å². The van der Waals surface area contributed by atoms with Gasteiger partial charge in [0.15, 0.2) is 5.78 Å². The SMILES string of the molecule is Cc1ccc2c(c1)C(=O)CCNC2. The summed E-state index contributed by atoms with van der Waals surface area (Å²) < 4.78 is 0. The van der Waals surface area contributed by atoms with Crippen molar-refractivity contribution >= 4 is 5.78 Å². The Labute approximate surface area is 78.0 Å². The highest BCUT2D eigenvalue weighted by Gasteiger charge is 2.14. The topological polar surface area (TPSA) is 29.1 Å². The van der Waals surface area contributed by atoms with Crippen LogP contribution in [0.15, 0.2) is 18.2 Å². The molecule has 1 aromatic rings. The molecule has 0 atom stereocenters. The zero-order valence-corrected chi connectivity index (χ0v) is 7.76. The molecule has 0 aromatic heterocycles. The van der Waals surface area contributed by atoms with Gasteiger partial charge in [-0.1, -0.05) is 17.7 Å². The van der Waals surface area contributed by atoms with E-state index < -0.39 is 0 Å². The van der Waals surface area contributed by atoms with Crippen LogP contribution in [0.4, 0.5) is 0 Å². The van der Waals surface area contributed by atoms with E-state index in [1.165, 1.54) is 0 Å². The molecule has 1 N–H and O–H groups in total. The fourth-order valence-electron chi connectivity index (χ4n) is 1.66. The molecule has 1 aliphatic heterocycles. The molecule has 2 heteroatoms. The van der Waals surface area contributed by atoms with Crippen molar-refractivity contribution in [1.29, 1.82) is 0 Å². The summed E-state index contributed by atoms with van der Waals surface area (Å²) in [6.45, 7) is 3.64. The van der Waals surface area contributed by atoms with Gasteiger partial charge < -0.3 is 5.32 Å². The molecule has 0 spiro atoms. The smallest absolute Gasteiger partial charge is 0.164 e. The minimum atomic E-state index is 0.267. The van der Waals surface area contributed by atoms with E-state index in [0.717, 1.165) is 29.8 Å².